The van der Waals surface area contributed by atoms with Crippen molar-refractivity contribution in [1.82, 2.24) is 10.2 Å². The maximum Gasteiger partial charge on any atom is 0.243 e. The molecule has 1 atom stereocenters. The molecule has 2 amide bonds. The lowest BCUT2D eigenvalue weighted by molar-refractivity contribution is -0.141. The van der Waals surface area contributed by atoms with Crippen molar-refractivity contribution in [3.05, 3.63) is 94.0 Å². The second-order valence-electron chi connectivity index (χ2n) is 9.47. The number of hydrogen-bond acceptors (Lipinski definition) is 5. The minimum Gasteiger partial charge on any atom is -0.495 e. The maximum absolute atomic E-state index is 13.8. The maximum atomic E-state index is 13.8. The van der Waals surface area contributed by atoms with Crippen LogP contribution in [0, 0.1) is 0 Å². The van der Waals surface area contributed by atoms with E-state index in [4.69, 9.17) is 27.9 Å². The van der Waals surface area contributed by atoms with Gasteiger partial charge in [-0.25, -0.2) is 8.42 Å². The number of carbonyl (C=O) groups excluding carboxylic acids is 2. The van der Waals surface area contributed by atoms with Crippen molar-refractivity contribution in [2.75, 3.05) is 30.8 Å². The number of hydrogen-bond donors (Lipinski definition) is 1. The first-order chi connectivity index (χ1) is 19.5. The van der Waals surface area contributed by atoms with Gasteiger partial charge in [0.2, 0.25) is 21.8 Å². The molecule has 8 nitrogen and oxygen atoms in total. The predicted octanol–water partition coefficient (Wildman–Crippen LogP) is 5.32. The van der Waals surface area contributed by atoms with Crippen molar-refractivity contribution in [2.24, 2.45) is 0 Å². The summed E-state index contributed by atoms with van der Waals surface area (Å²) < 4.78 is 31.7. The molecule has 11 heteroatoms. The average molecular weight is 621 g/mol. The molecule has 0 spiro atoms. The number of ether oxygens (including phenoxy) is 1. The van der Waals surface area contributed by atoms with Crippen LogP contribution in [0.15, 0.2) is 72.8 Å². The first kappa shape index (κ1) is 32.2. The fourth-order valence-electron chi connectivity index (χ4n) is 4.47. The number of nitrogens with zero attached hydrogens (tertiary/aromatic N) is 2. The zero-order valence-corrected chi connectivity index (χ0v) is 25.7. The third-order valence-electron chi connectivity index (χ3n) is 6.50. The fourth-order valence-corrected chi connectivity index (χ4v) is 5.88. The van der Waals surface area contributed by atoms with E-state index < -0.39 is 16.1 Å². The van der Waals surface area contributed by atoms with Crippen LogP contribution in [0.4, 0.5) is 5.69 Å². The van der Waals surface area contributed by atoms with Gasteiger partial charge in [0.15, 0.2) is 0 Å². The molecule has 220 valence electrons. The highest BCUT2D eigenvalue weighted by molar-refractivity contribution is 7.92. The lowest BCUT2D eigenvalue weighted by Crippen LogP contribution is -2.50. The van der Waals surface area contributed by atoms with Crippen LogP contribution in [0.5, 0.6) is 5.75 Å². The third kappa shape index (κ3) is 9.11. The van der Waals surface area contributed by atoms with Crippen LogP contribution >= 0.6 is 23.2 Å². The van der Waals surface area contributed by atoms with E-state index in [1.54, 1.807) is 24.3 Å². The summed E-state index contributed by atoms with van der Waals surface area (Å²) >= 11 is 12.7. The van der Waals surface area contributed by atoms with Gasteiger partial charge in [-0.1, -0.05) is 71.7 Å². The molecule has 0 bridgehead atoms. The monoisotopic (exact) mass is 619 g/mol. The second kappa shape index (κ2) is 15.1. The zero-order chi connectivity index (χ0) is 30.0. The molecule has 1 unspecified atom stereocenters. The largest absolute Gasteiger partial charge is 0.495 e. The Bertz CT molecular complexity index is 1440. The highest BCUT2D eigenvalue weighted by Crippen LogP contribution is 2.30. The van der Waals surface area contributed by atoms with Crippen molar-refractivity contribution in [1.29, 1.82) is 0 Å². The molecule has 1 N–H and O–H groups in total. The lowest BCUT2D eigenvalue weighted by atomic mass is 10.0. The molecule has 0 heterocycles. The molecule has 41 heavy (non-hydrogen) atoms. The number of halogens is 2. The van der Waals surface area contributed by atoms with Crippen LogP contribution in [0.2, 0.25) is 10.0 Å². The Morgan fingerprint density at radius 2 is 1.66 bits per heavy atom. The first-order valence-corrected chi connectivity index (χ1v) is 15.8. The van der Waals surface area contributed by atoms with Crippen molar-refractivity contribution in [3.8, 4) is 5.75 Å². The number of benzene rings is 3. The Kier molecular flexibility index (Phi) is 11.9. The highest BCUT2D eigenvalue weighted by atomic mass is 35.5. The van der Waals surface area contributed by atoms with Crippen molar-refractivity contribution < 1.29 is 22.7 Å². The number of rotatable bonds is 14. The van der Waals surface area contributed by atoms with Crippen molar-refractivity contribution >= 4 is 50.7 Å². The molecule has 0 radical (unpaired) electrons. The van der Waals surface area contributed by atoms with Crippen molar-refractivity contribution in [2.45, 2.75) is 38.8 Å². The minimum atomic E-state index is -3.68. The summed E-state index contributed by atoms with van der Waals surface area (Å²) in [5.74, 6) is -0.148. The van der Waals surface area contributed by atoms with Gasteiger partial charge in [0.25, 0.3) is 0 Å². The van der Waals surface area contributed by atoms with Gasteiger partial charge in [-0.3, -0.25) is 13.9 Å². The molecule has 0 aliphatic heterocycles. The van der Waals surface area contributed by atoms with Crippen LogP contribution in [-0.2, 0) is 32.6 Å². The molecule has 0 aliphatic rings. The fraction of sp³-hybridized carbons (Fsp3) is 0.333. The van der Waals surface area contributed by atoms with Crippen molar-refractivity contribution in [3.63, 3.8) is 0 Å². The van der Waals surface area contributed by atoms with Gasteiger partial charge >= 0.3 is 0 Å². The average Bonchev–Trinajstić information content (AvgIpc) is 2.93. The van der Waals surface area contributed by atoms with Gasteiger partial charge < -0.3 is 15.0 Å². The summed E-state index contributed by atoms with van der Waals surface area (Å²) in [6, 6.07) is 20.6. The summed E-state index contributed by atoms with van der Waals surface area (Å²) in [6.07, 6.45) is 1.62. The van der Waals surface area contributed by atoms with Crippen LogP contribution in [-0.4, -0.2) is 57.6 Å². The standard InChI is InChI=1S/C30H35Cl2N3O5S/c1-4-33-30(37)27(19-22-11-6-5-7-12-22)34(21-23-13-8-9-14-25(23)31)29(36)15-10-18-35(41(3,38)39)24-16-17-28(40-2)26(32)20-24/h5-9,11-14,16-17,20,27H,4,10,15,18-19,21H2,1-3H3,(H,33,37). The smallest absolute Gasteiger partial charge is 0.243 e. The predicted molar refractivity (Wildman–Crippen MR) is 164 cm³/mol. The van der Waals surface area contributed by atoms with Gasteiger partial charge in [-0.05, 0) is 48.7 Å². The summed E-state index contributed by atoms with van der Waals surface area (Å²) in [4.78, 5) is 28.6. The molecule has 0 aliphatic carbocycles. The topological polar surface area (TPSA) is 96.0 Å². The van der Waals surface area contributed by atoms with Crippen LogP contribution in [0.25, 0.3) is 0 Å². The minimum absolute atomic E-state index is 0.00501. The van der Waals surface area contributed by atoms with E-state index in [0.717, 1.165) is 11.8 Å². The Morgan fingerprint density at radius 3 is 2.27 bits per heavy atom. The Labute approximate surface area is 252 Å². The number of likely N-dealkylation sites (N-methyl/N-ethyl adjacent to an activating group) is 1. The lowest BCUT2D eigenvalue weighted by Gasteiger charge is -2.32. The quantitative estimate of drug-likeness (QED) is 0.263. The number of carbonyl (C=O) groups is 2. The van der Waals surface area contributed by atoms with Gasteiger partial charge in [-0.2, -0.15) is 0 Å². The van der Waals surface area contributed by atoms with E-state index in [1.165, 1.54) is 22.4 Å². The molecule has 0 saturated carbocycles. The SMILES string of the molecule is CCNC(=O)C(Cc1ccccc1)N(Cc1ccccc1Cl)C(=O)CCCN(c1ccc(OC)c(Cl)c1)S(C)(=O)=O. The molecular formula is C30H35Cl2N3O5S. The Morgan fingerprint density at radius 1 is 0.976 bits per heavy atom. The molecule has 0 aromatic heterocycles. The number of nitrogens with one attached hydrogen (secondary N) is 1. The van der Waals surface area contributed by atoms with Crippen LogP contribution < -0.4 is 14.4 Å². The summed E-state index contributed by atoms with van der Waals surface area (Å²) in [6.45, 7) is 2.39. The van der Waals surface area contributed by atoms with E-state index in [9.17, 15) is 18.0 Å². The van der Waals surface area contributed by atoms with Gasteiger partial charge in [0.1, 0.15) is 11.8 Å². The van der Waals surface area contributed by atoms with Gasteiger partial charge in [0.05, 0.1) is 24.1 Å². The highest BCUT2D eigenvalue weighted by Gasteiger charge is 2.30. The zero-order valence-electron chi connectivity index (χ0n) is 23.3. The number of anilines is 1. The van der Waals surface area contributed by atoms with Gasteiger partial charge in [0, 0.05) is 37.5 Å². The van der Waals surface area contributed by atoms with Crippen LogP contribution in [0.3, 0.4) is 0 Å². The molecular weight excluding hydrogens is 585 g/mol. The number of methoxy groups -OCH3 is 1. The molecule has 0 fully saturated rings. The second-order valence-corrected chi connectivity index (χ2v) is 12.2. The normalized spacial score (nSPS) is 11.9. The summed E-state index contributed by atoms with van der Waals surface area (Å²) in [5, 5.41) is 3.61. The summed E-state index contributed by atoms with van der Waals surface area (Å²) in [5.41, 5.74) is 1.97. The number of sulfonamides is 1. The number of amides is 2. The van der Waals surface area contributed by atoms with Crippen LogP contribution in [0.1, 0.15) is 30.9 Å². The van der Waals surface area contributed by atoms with Gasteiger partial charge in [-0.15, -0.1) is 0 Å². The third-order valence-corrected chi connectivity index (χ3v) is 8.35. The molecule has 0 saturated heterocycles. The summed E-state index contributed by atoms with van der Waals surface area (Å²) in [7, 11) is -2.20. The van der Waals surface area contributed by atoms with E-state index in [0.29, 0.717) is 35.0 Å². The molecule has 3 rings (SSSR count). The first-order valence-electron chi connectivity index (χ1n) is 13.2. The van der Waals surface area contributed by atoms with E-state index in [-0.39, 0.29) is 42.8 Å². The van der Waals surface area contributed by atoms with E-state index in [1.807, 2.05) is 49.4 Å². The Balaban J connectivity index is 1.87. The van der Waals surface area contributed by atoms with E-state index >= 15 is 0 Å². The molecule has 3 aromatic carbocycles. The molecule has 3 aromatic rings. The Hall–Kier alpha value is -3.27. The van der Waals surface area contributed by atoms with E-state index in [2.05, 4.69) is 5.32 Å².